The van der Waals surface area contributed by atoms with Crippen LogP contribution in [0.5, 0.6) is 0 Å². The van der Waals surface area contributed by atoms with Gasteiger partial charge in [-0.2, -0.15) is 0 Å². The van der Waals surface area contributed by atoms with Crippen molar-refractivity contribution in [2.45, 2.75) is 64.6 Å². The Bertz CT molecular complexity index is 1440. The van der Waals surface area contributed by atoms with Crippen molar-refractivity contribution in [2.24, 2.45) is 0 Å². The van der Waals surface area contributed by atoms with Crippen molar-refractivity contribution in [3.05, 3.63) is 94.5 Å². The number of benzene rings is 3. The van der Waals surface area contributed by atoms with Crippen molar-refractivity contribution in [1.82, 2.24) is 10.2 Å². The highest BCUT2D eigenvalue weighted by molar-refractivity contribution is 7.92. The van der Waals surface area contributed by atoms with E-state index in [1.807, 2.05) is 46.8 Å². The van der Waals surface area contributed by atoms with E-state index in [-0.39, 0.29) is 17.3 Å². The lowest BCUT2D eigenvalue weighted by atomic mass is 10.1. The van der Waals surface area contributed by atoms with E-state index in [9.17, 15) is 18.0 Å². The number of nitrogens with one attached hydrogen (secondary N) is 1. The molecule has 0 aliphatic rings. The molecule has 0 aromatic heterocycles. The maximum atomic E-state index is 14.0. The lowest BCUT2D eigenvalue weighted by molar-refractivity contribution is -0.140. The lowest BCUT2D eigenvalue weighted by Gasteiger charge is -2.33. The number of hydrogen-bond acceptors (Lipinski definition) is 4. The highest BCUT2D eigenvalue weighted by Gasteiger charge is 2.33. The number of halogens is 1. The van der Waals surface area contributed by atoms with Crippen LogP contribution in [0.3, 0.4) is 0 Å². The molecule has 0 aliphatic carbocycles. The Morgan fingerprint density at radius 2 is 1.59 bits per heavy atom. The van der Waals surface area contributed by atoms with E-state index in [4.69, 9.17) is 11.6 Å². The van der Waals surface area contributed by atoms with Crippen LogP contribution in [0.15, 0.2) is 77.7 Å². The van der Waals surface area contributed by atoms with Gasteiger partial charge in [0.1, 0.15) is 12.6 Å². The first kappa shape index (κ1) is 30.2. The average molecular weight is 570 g/mol. The Balaban J connectivity index is 2.05. The zero-order valence-corrected chi connectivity index (χ0v) is 24.8. The molecular weight excluding hydrogens is 534 g/mol. The zero-order valence-electron chi connectivity index (χ0n) is 23.2. The van der Waals surface area contributed by atoms with Gasteiger partial charge >= 0.3 is 0 Å². The van der Waals surface area contributed by atoms with Gasteiger partial charge in [0.25, 0.3) is 10.0 Å². The molecule has 0 saturated heterocycles. The van der Waals surface area contributed by atoms with Crippen LogP contribution in [0.1, 0.15) is 44.4 Å². The van der Waals surface area contributed by atoms with E-state index < -0.39 is 34.1 Å². The SMILES string of the molecule is Cc1ccc(N(CC(=O)N(Cc2cccc(Cl)c2)[C@@H](C)C(=O)NC(C)(C)C)S(=O)(=O)c2ccccc2)cc1C. The van der Waals surface area contributed by atoms with Gasteiger partial charge in [0.15, 0.2) is 0 Å². The fourth-order valence-corrected chi connectivity index (χ4v) is 5.66. The molecule has 0 heterocycles. The van der Waals surface area contributed by atoms with Crippen LogP contribution >= 0.6 is 11.6 Å². The second-order valence-electron chi connectivity index (χ2n) is 10.7. The molecule has 0 fully saturated rings. The van der Waals surface area contributed by atoms with Gasteiger partial charge in [-0.05, 0) is 94.6 Å². The first-order chi connectivity index (χ1) is 18.2. The molecule has 3 aromatic carbocycles. The predicted molar refractivity (Wildman–Crippen MR) is 156 cm³/mol. The quantitative estimate of drug-likeness (QED) is 0.369. The average Bonchev–Trinajstić information content (AvgIpc) is 2.86. The third kappa shape index (κ3) is 7.83. The molecule has 3 aromatic rings. The number of carbonyl (C=O) groups excluding carboxylic acids is 2. The highest BCUT2D eigenvalue weighted by atomic mass is 35.5. The normalized spacial score (nSPS) is 12.5. The van der Waals surface area contributed by atoms with Crippen LogP contribution in [0.4, 0.5) is 5.69 Å². The Morgan fingerprint density at radius 1 is 0.923 bits per heavy atom. The van der Waals surface area contributed by atoms with Gasteiger partial charge in [-0.15, -0.1) is 0 Å². The Hall–Kier alpha value is -3.36. The van der Waals surface area contributed by atoms with Crippen LogP contribution in [-0.4, -0.2) is 43.3 Å². The van der Waals surface area contributed by atoms with E-state index >= 15 is 0 Å². The summed E-state index contributed by atoms with van der Waals surface area (Å²) in [4.78, 5) is 28.6. The molecule has 1 N–H and O–H groups in total. The van der Waals surface area contributed by atoms with Crippen LogP contribution in [-0.2, 0) is 26.2 Å². The maximum Gasteiger partial charge on any atom is 0.264 e. The summed E-state index contributed by atoms with van der Waals surface area (Å²) in [5.74, 6) is -0.870. The van der Waals surface area contributed by atoms with E-state index in [1.165, 1.54) is 17.0 Å². The van der Waals surface area contributed by atoms with Gasteiger partial charge in [-0.1, -0.05) is 48.0 Å². The van der Waals surface area contributed by atoms with Gasteiger partial charge in [0.2, 0.25) is 11.8 Å². The number of anilines is 1. The second kappa shape index (κ2) is 12.2. The first-order valence-electron chi connectivity index (χ1n) is 12.7. The molecule has 2 amide bonds. The third-order valence-electron chi connectivity index (χ3n) is 6.30. The molecule has 39 heavy (non-hydrogen) atoms. The molecule has 0 radical (unpaired) electrons. The first-order valence-corrected chi connectivity index (χ1v) is 14.5. The molecule has 3 rings (SSSR count). The van der Waals surface area contributed by atoms with E-state index in [0.717, 1.165) is 21.0 Å². The molecular formula is C30H36ClN3O4S. The number of aryl methyl sites for hydroxylation is 2. The summed E-state index contributed by atoms with van der Waals surface area (Å²) in [5, 5.41) is 3.41. The van der Waals surface area contributed by atoms with E-state index in [0.29, 0.717) is 10.7 Å². The number of hydrogen-bond donors (Lipinski definition) is 1. The molecule has 0 aliphatic heterocycles. The van der Waals surface area contributed by atoms with Gasteiger partial charge in [-0.3, -0.25) is 13.9 Å². The molecule has 0 unspecified atom stereocenters. The van der Waals surface area contributed by atoms with Crippen molar-refractivity contribution in [3.8, 4) is 0 Å². The Labute approximate surface area is 236 Å². The molecule has 7 nitrogen and oxygen atoms in total. The minimum absolute atomic E-state index is 0.0657. The van der Waals surface area contributed by atoms with Crippen LogP contribution < -0.4 is 9.62 Å². The largest absolute Gasteiger partial charge is 0.350 e. The molecule has 0 bridgehead atoms. The molecule has 0 spiro atoms. The summed E-state index contributed by atoms with van der Waals surface area (Å²) in [7, 11) is -4.10. The predicted octanol–water partition coefficient (Wildman–Crippen LogP) is 5.48. The van der Waals surface area contributed by atoms with Crippen molar-refractivity contribution in [2.75, 3.05) is 10.8 Å². The zero-order chi connectivity index (χ0) is 29.0. The van der Waals surface area contributed by atoms with Crippen molar-refractivity contribution in [3.63, 3.8) is 0 Å². The number of sulfonamides is 1. The van der Waals surface area contributed by atoms with Crippen molar-refractivity contribution in [1.29, 1.82) is 0 Å². The van der Waals surface area contributed by atoms with Crippen LogP contribution in [0.25, 0.3) is 0 Å². The minimum atomic E-state index is -4.10. The molecule has 9 heteroatoms. The Kier molecular flexibility index (Phi) is 9.46. The van der Waals surface area contributed by atoms with Crippen LogP contribution in [0, 0.1) is 13.8 Å². The Morgan fingerprint density at radius 3 is 2.18 bits per heavy atom. The summed E-state index contributed by atoms with van der Waals surface area (Å²) >= 11 is 6.19. The number of rotatable bonds is 9. The molecule has 0 saturated carbocycles. The fourth-order valence-electron chi connectivity index (χ4n) is 4.02. The monoisotopic (exact) mass is 569 g/mol. The topological polar surface area (TPSA) is 86.8 Å². The van der Waals surface area contributed by atoms with Gasteiger partial charge in [-0.25, -0.2) is 8.42 Å². The summed E-state index contributed by atoms with van der Waals surface area (Å²) < 4.78 is 28.8. The number of amides is 2. The van der Waals surface area contributed by atoms with Crippen LogP contribution in [0.2, 0.25) is 5.02 Å². The summed E-state index contributed by atoms with van der Waals surface area (Å²) in [6.45, 7) is 10.6. The third-order valence-corrected chi connectivity index (χ3v) is 8.32. The number of nitrogens with zero attached hydrogens (tertiary/aromatic N) is 2. The van der Waals surface area contributed by atoms with E-state index in [1.54, 1.807) is 55.5 Å². The van der Waals surface area contributed by atoms with Gasteiger partial charge < -0.3 is 10.2 Å². The smallest absolute Gasteiger partial charge is 0.264 e. The van der Waals surface area contributed by atoms with Gasteiger partial charge in [0, 0.05) is 17.1 Å². The molecule has 1 atom stereocenters. The minimum Gasteiger partial charge on any atom is -0.350 e. The number of carbonyl (C=O) groups is 2. The lowest BCUT2D eigenvalue weighted by Crippen LogP contribution is -2.54. The standard InChI is InChI=1S/C30H36ClN3O4S/c1-21-15-16-26(17-22(21)2)34(39(37,38)27-13-8-7-9-14-27)20-28(35)33(19-24-11-10-12-25(31)18-24)23(3)29(36)32-30(4,5)6/h7-18,23H,19-20H2,1-6H3,(H,32,36)/t23-/m0/s1. The second-order valence-corrected chi connectivity index (χ2v) is 13.0. The summed E-state index contributed by atoms with van der Waals surface area (Å²) in [6, 6.07) is 19.4. The molecule has 208 valence electrons. The van der Waals surface area contributed by atoms with E-state index in [2.05, 4.69) is 5.32 Å². The summed E-state index contributed by atoms with van der Waals surface area (Å²) in [6.07, 6.45) is 0. The van der Waals surface area contributed by atoms with Crippen molar-refractivity contribution < 1.29 is 18.0 Å². The highest BCUT2D eigenvalue weighted by Crippen LogP contribution is 2.26. The van der Waals surface area contributed by atoms with Gasteiger partial charge in [0.05, 0.1) is 10.6 Å². The van der Waals surface area contributed by atoms with Crippen molar-refractivity contribution >= 4 is 39.1 Å². The summed E-state index contributed by atoms with van der Waals surface area (Å²) in [5.41, 5.74) is 2.46. The maximum absolute atomic E-state index is 14.0. The fraction of sp³-hybridized carbons (Fsp3) is 0.333.